The third-order valence-corrected chi connectivity index (χ3v) is 2.38. The normalized spacial score (nSPS) is 9.73. The summed E-state index contributed by atoms with van der Waals surface area (Å²) in [7, 11) is 1.61. The van der Waals surface area contributed by atoms with E-state index in [0.717, 1.165) is 25.1 Å². The molecule has 0 radical (unpaired) electrons. The summed E-state index contributed by atoms with van der Waals surface area (Å²) in [6.45, 7) is 4.61. The molecule has 0 aliphatic heterocycles. The minimum absolute atomic E-state index is 0.633. The topological polar surface area (TPSA) is 21.3 Å². The molecule has 1 rings (SSSR count). The van der Waals surface area contributed by atoms with Crippen LogP contribution in [0.1, 0.15) is 12.8 Å². The molecule has 0 atom stereocenters. The van der Waals surface area contributed by atoms with Gasteiger partial charge >= 0.3 is 0 Å². The van der Waals surface area contributed by atoms with Gasteiger partial charge in [0.25, 0.3) is 0 Å². The molecule has 0 aliphatic rings. The van der Waals surface area contributed by atoms with Crippen LogP contribution < -0.4 is 10.1 Å². The first-order chi connectivity index (χ1) is 7.27. The fourth-order valence-electron chi connectivity index (χ4n) is 1.25. The van der Waals surface area contributed by atoms with Crippen LogP contribution in [0.15, 0.2) is 30.9 Å². The van der Waals surface area contributed by atoms with Crippen LogP contribution in [0, 0.1) is 0 Å². The maximum atomic E-state index is 5.91. The number of rotatable bonds is 6. The first-order valence-corrected chi connectivity index (χ1v) is 5.34. The Morgan fingerprint density at radius 2 is 2.33 bits per heavy atom. The highest BCUT2D eigenvalue weighted by Crippen LogP contribution is 2.27. The molecular formula is C12H16ClNO. The molecule has 0 saturated carbocycles. The lowest BCUT2D eigenvalue weighted by molar-refractivity contribution is 0.415. The van der Waals surface area contributed by atoms with Crippen molar-refractivity contribution in [1.29, 1.82) is 0 Å². The van der Waals surface area contributed by atoms with E-state index in [9.17, 15) is 0 Å². The van der Waals surface area contributed by atoms with Crippen LogP contribution >= 0.6 is 11.6 Å². The molecule has 1 aromatic rings. The van der Waals surface area contributed by atoms with Crippen molar-refractivity contribution in [3.05, 3.63) is 35.9 Å². The van der Waals surface area contributed by atoms with Gasteiger partial charge in [-0.15, -0.1) is 6.58 Å². The second kappa shape index (κ2) is 6.36. The van der Waals surface area contributed by atoms with E-state index in [1.54, 1.807) is 7.11 Å². The van der Waals surface area contributed by atoms with Gasteiger partial charge in [-0.25, -0.2) is 0 Å². The van der Waals surface area contributed by atoms with E-state index in [1.165, 1.54) is 0 Å². The van der Waals surface area contributed by atoms with Crippen LogP contribution in [-0.2, 0) is 0 Å². The Hall–Kier alpha value is -1.15. The van der Waals surface area contributed by atoms with E-state index in [4.69, 9.17) is 16.3 Å². The number of anilines is 1. The lowest BCUT2D eigenvalue weighted by Crippen LogP contribution is -2.01. The predicted molar refractivity (Wildman–Crippen MR) is 65.9 cm³/mol. The molecule has 15 heavy (non-hydrogen) atoms. The van der Waals surface area contributed by atoms with Gasteiger partial charge < -0.3 is 10.1 Å². The minimum Gasteiger partial charge on any atom is -0.495 e. The Labute approximate surface area is 95.9 Å². The summed E-state index contributed by atoms with van der Waals surface area (Å²) in [6, 6.07) is 5.67. The summed E-state index contributed by atoms with van der Waals surface area (Å²) in [6.07, 6.45) is 4.02. The van der Waals surface area contributed by atoms with Crippen molar-refractivity contribution in [3.63, 3.8) is 0 Å². The zero-order valence-electron chi connectivity index (χ0n) is 8.92. The van der Waals surface area contributed by atoms with Gasteiger partial charge in [-0.2, -0.15) is 0 Å². The van der Waals surface area contributed by atoms with Gasteiger partial charge in [0, 0.05) is 18.3 Å². The van der Waals surface area contributed by atoms with Crippen molar-refractivity contribution >= 4 is 17.3 Å². The molecule has 3 heteroatoms. The van der Waals surface area contributed by atoms with E-state index in [2.05, 4.69) is 11.9 Å². The number of halogens is 1. The zero-order chi connectivity index (χ0) is 11.1. The first kappa shape index (κ1) is 11.9. The van der Waals surface area contributed by atoms with Gasteiger partial charge in [-0.05, 0) is 25.0 Å². The lowest BCUT2D eigenvalue weighted by atomic mass is 10.2. The van der Waals surface area contributed by atoms with Crippen molar-refractivity contribution in [2.24, 2.45) is 0 Å². The molecule has 0 unspecified atom stereocenters. The average Bonchev–Trinajstić information content (AvgIpc) is 2.26. The van der Waals surface area contributed by atoms with Crippen LogP contribution in [0.25, 0.3) is 0 Å². The SMILES string of the molecule is C=CCCCNc1ccc(Cl)c(OC)c1. The second-order valence-corrected chi connectivity index (χ2v) is 3.61. The van der Waals surface area contributed by atoms with Crippen molar-refractivity contribution in [1.82, 2.24) is 0 Å². The monoisotopic (exact) mass is 225 g/mol. The predicted octanol–water partition coefficient (Wildman–Crippen LogP) is 3.73. The number of hydrogen-bond acceptors (Lipinski definition) is 2. The molecule has 1 N–H and O–H groups in total. The summed E-state index contributed by atoms with van der Waals surface area (Å²) in [4.78, 5) is 0. The highest BCUT2D eigenvalue weighted by molar-refractivity contribution is 6.32. The highest BCUT2D eigenvalue weighted by Gasteiger charge is 2.00. The lowest BCUT2D eigenvalue weighted by Gasteiger charge is -2.08. The van der Waals surface area contributed by atoms with Gasteiger partial charge in [0.2, 0.25) is 0 Å². The van der Waals surface area contributed by atoms with E-state index in [0.29, 0.717) is 10.8 Å². The standard InChI is InChI=1S/C12H16ClNO/c1-3-4-5-8-14-10-6-7-11(13)12(9-10)15-2/h3,6-7,9,14H,1,4-5,8H2,2H3. The van der Waals surface area contributed by atoms with E-state index < -0.39 is 0 Å². The molecule has 0 spiro atoms. The molecule has 0 fully saturated rings. The third-order valence-electron chi connectivity index (χ3n) is 2.07. The number of hydrogen-bond donors (Lipinski definition) is 1. The van der Waals surface area contributed by atoms with Gasteiger partial charge in [0.05, 0.1) is 12.1 Å². The Balaban J connectivity index is 2.50. The van der Waals surface area contributed by atoms with Gasteiger partial charge in [-0.3, -0.25) is 0 Å². The molecule has 0 aliphatic carbocycles. The number of unbranched alkanes of at least 4 members (excludes halogenated alkanes) is 1. The first-order valence-electron chi connectivity index (χ1n) is 4.96. The maximum Gasteiger partial charge on any atom is 0.139 e. The number of ether oxygens (including phenoxy) is 1. The Bertz CT molecular complexity index is 325. The van der Waals surface area contributed by atoms with E-state index in [1.807, 2.05) is 24.3 Å². The molecule has 1 aromatic carbocycles. The molecule has 0 saturated heterocycles. The molecule has 82 valence electrons. The number of methoxy groups -OCH3 is 1. The van der Waals surface area contributed by atoms with E-state index >= 15 is 0 Å². The molecule has 0 heterocycles. The molecule has 0 aromatic heterocycles. The van der Waals surface area contributed by atoms with Gasteiger partial charge in [0.15, 0.2) is 0 Å². The Morgan fingerprint density at radius 1 is 1.53 bits per heavy atom. The van der Waals surface area contributed by atoms with Crippen molar-refractivity contribution in [2.45, 2.75) is 12.8 Å². The summed E-state index contributed by atoms with van der Waals surface area (Å²) in [5.74, 6) is 0.699. The van der Waals surface area contributed by atoms with Crippen molar-refractivity contribution in [3.8, 4) is 5.75 Å². The number of allylic oxidation sites excluding steroid dienone is 1. The van der Waals surface area contributed by atoms with Crippen LogP contribution in [-0.4, -0.2) is 13.7 Å². The highest BCUT2D eigenvalue weighted by atomic mass is 35.5. The second-order valence-electron chi connectivity index (χ2n) is 3.21. The Morgan fingerprint density at radius 3 is 3.00 bits per heavy atom. The van der Waals surface area contributed by atoms with Crippen LogP contribution in [0.3, 0.4) is 0 Å². The summed E-state index contributed by atoms with van der Waals surface area (Å²) in [5, 5.41) is 3.93. The molecule has 0 amide bonds. The average molecular weight is 226 g/mol. The van der Waals surface area contributed by atoms with E-state index in [-0.39, 0.29) is 0 Å². The number of nitrogens with one attached hydrogen (secondary N) is 1. The fraction of sp³-hybridized carbons (Fsp3) is 0.333. The Kier molecular flexibility index (Phi) is 5.05. The summed E-state index contributed by atoms with van der Waals surface area (Å²) >= 11 is 5.91. The third kappa shape index (κ3) is 3.84. The largest absolute Gasteiger partial charge is 0.495 e. The fourth-order valence-corrected chi connectivity index (χ4v) is 1.44. The number of benzene rings is 1. The molecule has 2 nitrogen and oxygen atoms in total. The van der Waals surface area contributed by atoms with Crippen LogP contribution in [0.5, 0.6) is 5.75 Å². The summed E-state index contributed by atoms with van der Waals surface area (Å²) in [5.41, 5.74) is 1.03. The van der Waals surface area contributed by atoms with Crippen LogP contribution in [0.4, 0.5) is 5.69 Å². The maximum absolute atomic E-state index is 5.91. The van der Waals surface area contributed by atoms with Crippen molar-refractivity contribution < 1.29 is 4.74 Å². The summed E-state index contributed by atoms with van der Waals surface area (Å²) < 4.78 is 5.12. The molecular weight excluding hydrogens is 210 g/mol. The quantitative estimate of drug-likeness (QED) is 0.589. The van der Waals surface area contributed by atoms with Crippen LogP contribution in [0.2, 0.25) is 5.02 Å². The van der Waals surface area contributed by atoms with Gasteiger partial charge in [0.1, 0.15) is 5.75 Å². The molecule has 0 bridgehead atoms. The zero-order valence-corrected chi connectivity index (χ0v) is 9.68. The minimum atomic E-state index is 0.633. The smallest absolute Gasteiger partial charge is 0.139 e. The van der Waals surface area contributed by atoms with Gasteiger partial charge in [-0.1, -0.05) is 17.7 Å². The van der Waals surface area contributed by atoms with Crippen molar-refractivity contribution in [2.75, 3.05) is 19.0 Å².